The van der Waals surface area contributed by atoms with E-state index < -0.39 is 9.84 Å². The van der Waals surface area contributed by atoms with Crippen LogP contribution in [0.3, 0.4) is 0 Å². The van der Waals surface area contributed by atoms with Gasteiger partial charge in [0.2, 0.25) is 5.91 Å². The van der Waals surface area contributed by atoms with Crippen molar-refractivity contribution in [1.82, 2.24) is 4.57 Å². The van der Waals surface area contributed by atoms with Crippen LogP contribution in [0.25, 0.3) is 10.2 Å². The van der Waals surface area contributed by atoms with Gasteiger partial charge in [-0.2, -0.15) is 4.99 Å². The van der Waals surface area contributed by atoms with Crippen molar-refractivity contribution in [3.63, 3.8) is 0 Å². The van der Waals surface area contributed by atoms with Crippen molar-refractivity contribution in [1.29, 1.82) is 0 Å². The quantitative estimate of drug-likeness (QED) is 0.475. The van der Waals surface area contributed by atoms with Gasteiger partial charge < -0.3 is 4.57 Å². The predicted octanol–water partition coefficient (Wildman–Crippen LogP) is 4.69. The molecule has 30 heavy (non-hydrogen) atoms. The van der Waals surface area contributed by atoms with E-state index in [1.165, 1.54) is 16.9 Å². The van der Waals surface area contributed by atoms with Crippen LogP contribution >= 0.6 is 11.3 Å². The molecule has 2 aromatic carbocycles. The lowest BCUT2D eigenvalue weighted by Crippen LogP contribution is -2.16. The Morgan fingerprint density at radius 2 is 1.93 bits per heavy atom. The van der Waals surface area contributed by atoms with E-state index >= 15 is 0 Å². The summed E-state index contributed by atoms with van der Waals surface area (Å²) in [6, 6.07) is 14.6. The summed E-state index contributed by atoms with van der Waals surface area (Å²) in [6.07, 6.45) is 2.10. The number of carbonyl (C=O) groups is 1. The number of hydrogen-bond donors (Lipinski definition) is 0. The maximum atomic E-state index is 12.4. The zero-order valence-corrected chi connectivity index (χ0v) is 18.9. The summed E-state index contributed by atoms with van der Waals surface area (Å²) in [4.78, 5) is 17.6. The van der Waals surface area contributed by atoms with Gasteiger partial charge in [-0.15, -0.1) is 6.58 Å². The van der Waals surface area contributed by atoms with E-state index in [9.17, 15) is 13.2 Å². The average Bonchev–Trinajstić information content (AvgIpc) is 3.05. The lowest BCUT2D eigenvalue weighted by molar-refractivity contribution is -0.118. The monoisotopic (exact) mass is 442 g/mol. The molecule has 1 heterocycles. The second-order valence-corrected chi connectivity index (χ2v) is 10.5. The number of amides is 1. The van der Waals surface area contributed by atoms with Crippen molar-refractivity contribution in [2.45, 2.75) is 44.0 Å². The van der Waals surface area contributed by atoms with Crippen LogP contribution < -0.4 is 4.80 Å². The second kappa shape index (κ2) is 9.53. The lowest BCUT2D eigenvalue weighted by atomic mass is 10.0. The van der Waals surface area contributed by atoms with Gasteiger partial charge in [-0.1, -0.05) is 55.5 Å². The number of benzene rings is 2. The van der Waals surface area contributed by atoms with E-state index in [0.29, 0.717) is 17.3 Å². The predicted molar refractivity (Wildman–Crippen MR) is 122 cm³/mol. The minimum absolute atomic E-state index is 0.0743. The molecule has 0 spiro atoms. The number of carbonyl (C=O) groups excluding carboxylic acids is 1. The number of aromatic nitrogens is 1. The van der Waals surface area contributed by atoms with Gasteiger partial charge in [0, 0.05) is 13.0 Å². The van der Waals surface area contributed by atoms with Gasteiger partial charge in [0.25, 0.3) is 0 Å². The molecule has 7 heteroatoms. The van der Waals surface area contributed by atoms with Crippen LogP contribution in [0, 0.1) is 0 Å². The molecule has 1 aromatic heterocycles. The van der Waals surface area contributed by atoms with E-state index in [0.717, 1.165) is 10.2 Å². The van der Waals surface area contributed by atoms with E-state index in [4.69, 9.17) is 0 Å². The van der Waals surface area contributed by atoms with Gasteiger partial charge in [-0.25, -0.2) is 8.42 Å². The number of nitrogens with zero attached hydrogens (tertiary/aromatic N) is 2. The lowest BCUT2D eigenvalue weighted by Gasteiger charge is -2.06. The molecule has 3 aromatic rings. The van der Waals surface area contributed by atoms with Crippen LogP contribution in [0.2, 0.25) is 0 Å². The standard InChI is InChI=1S/C23H26N2O3S2/c1-4-14-25-20-13-12-18(17(2)3)16-21(20)29-23(25)24-22(26)11-8-15-30(27,28)19-9-6-5-7-10-19/h4-7,9-10,12-13,16-17H,1,8,11,14-15H2,2-3H3. The number of thiazole rings is 1. The molecule has 0 aliphatic rings. The highest BCUT2D eigenvalue weighted by Gasteiger charge is 2.15. The number of allylic oxidation sites excluding steroid dienone is 1. The minimum Gasteiger partial charge on any atom is -0.313 e. The van der Waals surface area contributed by atoms with E-state index in [-0.39, 0.29) is 29.4 Å². The fraction of sp³-hybridized carbons (Fsp3) is 0.304. The largest absolute Gasteiger partial charge is 0.313 e. The summed E-state index contributed by atoms with van der Waals surface area (Å²) in [5, 5.41) is 0. The van der Waals surface area contributed by atoms with E-state index in [2.05, 4.69) is 43.6 Å². The number of fused-ring (bicyclic) bond motifs is 1. The summed E-state index contributed by atoms with van der Waals surface area (Å²) in [5.74, 6) is 0.0272. The van der Waals surface area contributed by atoms with Gasteiger partial charge in [0.1, 0.15) is 0 Å². The van der Waals surface area contributed by atoms with Crippen LogP contribution in [0.5, 0.6) is 0 Å². The Hall–Kier alpha value is -2.51. The number of hydrogen-bond acceptors (Lipinski definition) is 4. The summed E-state index contributed by atoms with van der Waals surface area (Å²) in [5.41, 5.74) is 2.25. The van der Waals surface area contributed by atoms with Gasteiger partial charge in [0.05, 0.1) is 20.9 Å². The van der Waals surface area contributed by atoms with Crippen LogP contribution in [0.4, 0.5) is 0 Å². The summed E-state index contributed by atoms with van der Waals surface area (Å²) >= 11 is 1.47. The smallest absolute Gasteiger partial charge is 0.248 e. The van der Waals surface area contributed by atoms with Crippen molar-refractivity contribution >= 4 is 37.3 Å². The first-order valence-corrected chi connectivity index (χ1v) is 12.4. The topological polar surface area (TPSA) is 68.5 Å². The van der Waals surface area contributed by atoms with Gasteiger partial charge in [-0.05, 0) is 42.2 Å². The highest BCUT2D eigenvalue weighted by atomic mass is 32.2. The first-order valence-electron chi connectivity index (χ1n) is 9.91. The number of rotatable bonds is 8. The molecule has 0 N–H and O–H groups in total. The fourth-order valence-corrected chi connectivity index (χ4v) is 5.60. The van der Waals surface area contributed by atoms with Crippen molar-refractivity contribution in [3.05, 3.63) is 71.6 Å². The highest BCUT2D eigenvalue weighted by Crippen LogP contribution is 2.23. The van der Waals surface area contributed by atoms with Crippen molar-refractivity contribution in [3.8, 4) is 0 Å². The molecule has 1 amide bonds. The minimum atomic E-state index is -3.39. The third-order valence-electron chi connectivity index (χ3n) is 4.81. The molecule has 0 fully saturated rings. The van der Waals surface area contributed by atoms with Crippen molar-refractivity contribution in [2.24, 2.45) is 4.99 Å². The Morgan fingerprint density at radius 3 is 2.60 bits per heavy atom. The molecule has 0 aliphatic carbocycles. The van der Waals surface area contributed by atoms with Crippen molar-refractivity contribution < 1.29 is 13.2 Å². The SMILES string of the molecule is C=CCn1c(=NC(=O)CCCS(=O)(=O)c2ccccc2)sc2cc(C(C)C)ccc21. The maximum absolute atomic E-state index is 12.4. The molecule has 5 nitrogen and oxygen atoms in total. The molecular formula is C23H26N2O3S2. The Morgan fingerprint density at radius 1 is 1.20 bits per heavy atom. The molecule has 0 saturated carbocycles. The van der Waals surface area contributed by atoms with E-state index in [1.54, 1.807) is 36.4 Å². The molecular weight excluding hydrogens is 416 g/mol. The fourth-order valence-electron chi connectivity index (χ4n) is 3.16. The van der Waals surface area contributed by atoms with Crippen LogP contribution in [0.15, 0.2) is 71.1 Å². The van der Waals surface area contributed by atoms with Crippen molar-refractivity contribution in [2.75, 3.05) is 5.75 Å². The maximum Gasteiger partial charge on any atom is 0.248 e. The zero-order valence-electron chi connectivity index (χ0n) is 17.2. The first kappa shape index (κ1) is 22.2. The molecule has 0 aliphatic heterocycles. The molecule has 0 atom stereocenters. The van der Waals surface area contributed by atoms with Crippen LogP contribution in [-0.2, 0) is 21.2 Å². The Labute approximate surface area is 181 Å². The Balaban J connectivity index is 1.79. The van der Waals surface area contributed by atoms with Gasteiger partial charge in [0.15, 0.2) is 14.6 Å². The molecule has 0 saturated heterocycles. The first-order chi connectivity index (χ1) is 14.3. The number of sulfone groups is 1. The molecule has 0 radical (unpaired) electrons. The third kappa shape index (κ3) is 5.15. The molecule has 3 rings (SSSR count). The highest BCUT2D eigenvalue weighted by molar-refractivity contribution is 7.91. The Kier molecular flexibility index (Phi) is 7.05. The molecule has 158 valence electrons. The van der Waals surface area contributed by atoms with Gasteiger partial charge in [-0.3, -0.25) is 4.79 Å². The summed E-state index contributed by atoms with van der Waals surface area (Å²) < 4.78 is 27.8. The molecule has 0 bridgehead atoms. The average molecular weight is 443 g/mol. The zero-order chi connectivity index (χ0) is 21.7. The van der Waals surface area contributed by atoms with Crippen LogP contribution in [0.1, 0.15) is 38.2 Å². The normalized spacial score (nSPS) is 12.6. The Bertz CT molecular complexity index is 1220. The van der Waals surface area contributed by atoms with Gasteiger partial charge >= 0.3 is 0 Å². The summed E-state index contributed by atoms with van der Waals surface area (Å²) in [7, 11) is -3.39. The molecule has 0 unspecified atom stereocenters. The second-order valence-electron chi connectivity index (χ2n) is 7.41. The van der Waals surface area contributed by atoms with E-state index in [1.807, 2.05) is 4.57 Å². The van der Waals surface area contributed by atoms with Crippen LogP contribution in [-0.4, -0.2) is 24.6 Å². The third-order valence-corrected chi connectivity index (χ3v) is 7.67. The summed E-state index contributed by atoms with van der Waals surface area (Å²) in [6.45, 7) is 8.64.